The van der Waals surface area contributed by atoms with Gasteiger partial charge in [-0.05, 0) is 23.1 Å². The van der Waals surface area contributed by atoms with Gasteiger partial charge in [-0.25, -0.2) is 0 Å². The van der Waals surface area contributed by atoms with Crippen LogP contribution in [0.1, 0.15) is 36.0 Å². The number of nitrogens with zero attached hydrogens (tertiary/aromatic N) is 2. The van der Waals surface area contributed by atoms with Gasteiger partial charge in [0.05, 0.1) is 18.1 Å². The van der Waals surface area contributed by atoms with E-state index < -0.39 is 4.92 Å². The minimum atomic E-state index is -0.394. The molecule has 1 amide bonds. The molecule has 4 rings (SSSR count). The number of nitro groups is 1. The average molecular weight is 407 g/mol. The highest BCUT2D eigenvalue weighted by Crippen LogP contribution is 2.36. The fourth-order valence-electron chi connectivity index (χ4n) is 4.20. The van der Waals surface area contributed by atoms with Crippen LogP contribution in [0.25, 0.3) is 10.9 Å². The number of para-hydroxylation sites is 1. The number of H-pyrrole nitrogens is 1. The molecule has 156 valence electrons. The van der Waals surface area contributed by atoms with Crippen molar-refractivity contribution in [3.8, 4) is 0 Å². The van der Waals surface area contributed by atoms with Gasteiger partial charge in [-0.3, -0.25) is 14.9 Å². The molecule has 1 unspecified atom stereocenters. The number of hydrogen-bond donors (Lipinski definition) is 1. The predicted octanol–water partition coefficient (Wildman–Crippen LogP) is 4.02. The normalized spacial score (nSPS) is 15.3. The monoisotopic (exact) mass is 407 g/mol. The van der Waals surface area contributed by atoms with E-state index in [1.54, 1.807) is 12.1 Å². The summed E-state index contributed by atoms with van der Waals surface area (Å²) in [6.45, 7) is 4.35. The summed E-state index contributed by atoms with van der Waals surface area (Å²) in [5.74, 6) is -0.239. The third kappa shape index (κ3) is 3.93. The van der Waals surface area contributed by atoms with Crippen LogP contribution in [0.2, 0.25) is 0 Å². The number of nitro benzene ring substituents is 1. The molecule has 3 aromatic rings. The molecule has 0 bridgehead atoms. The Balaban J connectivity index is 1.77. The maximum atomic E-state index is 13.1. The lowest BCUT2D eigenvalue weighted by Gasteiger charge is -2.28. The van der Waals surface area contributed by atoms with Crippen molar-refractivity contribution < 1.29 is 14.5 Å². The van der Waals surface area contributed by atoms with Crippen LogP contribution < -0.4 is 0 Å². The van der Waals surface area contributed by atoms with Gasteiger partial charge in [0.25, 0.3) is 5.69 Å². The van der Waals surface area contributed by atoms with E-state index in [1.807, 2.05) is 29.3 Å². The van der Waals surface area contributed by atoms with Crippen molar-refractivity contribution >= 4 is 22.5 Å². The predicted molar refractivity (Wildman–Crippen MR) is 115 cm³/mol. The lowest BCUT2D eigenvalue weighted by atomic mass is 9.87. The molecule has 30 heavy (non-hydrogen) atoms. The zero-order chi connectivity index (χ0) is 21.1. The number of nitrogens with one attached hydrogen (secondary N) is 1. The molecule has 2 heterocycles. The maximum Gasteiger partial charge on any atom is 0.269 e. The Morgan fingerprint density at radius 1 is 1.23 bits per heavy atom. The molecule has 0 spiro atoms. The zero-order valence-electron chi connectivity index (χ0n) is 17.0. The highest BCUT2D eigenvalue weighted by molar-refractivity contribution is 5.88. The van der Waals surface area contributed by atoms with E-state index in [0.717, 1.165) is 28.5 Å². The van der Waals surface area contributed by atoms with E-state index in [2.05, 4.69) is 18.0 Å². The van der Waals surface area contributed by atoms with Crippen LogP contribution >= 0.6 is 0 Å². The van der Waals surface area contributed by atoms with Crippen LogP contribution in [0, 0.1) is 10.1 Å². The third-order valence-electron chi connectivity index (χ3n) is 5.82. The Morgan fingerprint density at radius 2 is 2.00 bits per heavy atom. The van der Waals surface area contributed by atoms with Gasteiger partial charge in [0.15, 0.2) is 0 Å². The molecule has 1 aromatic heterocycles. The number of ether oxygens (including phenoxy) is 1. The minimum Gasteiger partial charge on any atom is -0.378 e. The van der Waals surface area contributed by atoms with Crippen molar-refractivity contribution in [3.63, 3.8) is 0 Å². The van der Waals surface area contributed by atoms with Crippen molar-refractivity contribution in [2.75, 3.05) is 26.3 Å². The van der Waals surface area contributed by atoms with Crippen LogP contribution in [0.3, 0.4) is 0 Å². The van der Waals surface area contributed by atoms with E-state index >= 15 is 0 Å². The standard InChI is InChI=1S/C23H25N3O4/c1-2-16-5-4-8-19-21(15-24-23(16)19)20(14-22(27)25-9-11-30-12-10-25)17-6-3-7-18(13-17)26(28)29/h3-8,13,15,20,24H,2,9-12,14H2,1H3. The Morgan fingerprint density at radius 3 is 2.73 bits per heavy atom. The van der Waals surface area contributed by atoms with Gasteiger partial charge in [0.2, 0.25) is 5.91 Å². The maximum absolute atomic E-state index is 13.1. The molecule has 0 saturated carbocycles. The van der Waals surface area contributed by atoms with Crippen molar-refractivity contribution in [3.05, 3.63) is 75.5 Å². The lowest BCUT2D eigenvalue weighted by Crippen LogP contribution is -2.41. The van der Waals surface area contributed by atoms with Crippen molar-refractivity contribution in [2.45, 2.75) is 25.7 Å². The Bertz CT molecular complexity index is 1070. The van der Waals surface area contributed by atoms with Crippen molar-refractivity contribution in [1.29, 1.82) is 0 Å². The molecule has 1 aliphatic heterocycles. The van der Waals surface area contributed by atoms with Crippen LogP contribution in [0.5, 0.6) is 0 Å². The Hall–Kier alpha value is -3.19. The Labute approximate surface area is 174 Å². The molecular formula is C23H25N3O4. The summed E-state index contributed by atoms with van der Waals surface area (Å²) in [5, 5.41) is 12.4. The third-order valence-corrected chi connectivity index (χ3v) is 5.82. The minimum absolute atomic E-state index is 0.0328. The zero-order valence-corrected chi connectivity index (χ0v) is 17.0. The summed E-state index contributed by atoms with van der Waals surface area (Å²) in [5.41, 5.74) is 4.06. The number of morpholine rings is 1. The van der Waals surface area contributed by atoms with Gasteiger partial charge in [-0.2, -0.15) is 0 Å². The fraction of sp³-hybridized carbons (Fsp3) is 0.348. The van der Waals surface area contributed by atoms with Crippen LogP contribution in [-0.2, 0) is 16.0 Å². The first-order valence-corrected chi connectivity index (χ1v) is 10.3. The molecule has 1 N–H and O–H groups in total. The highest BCUT2D eigenvalue weighted by Gasteiger charge is 2.26. The molecule has 7 nitrogen and oxygen atoms in total. The summed E-state index contributed by atoms with van der Waals surface area (Å²) < 4.78 is 5.36. The molecule has 7 heteroatoms. The number of aryl methyl sites for hydroxylation is 1. The summed E-state index contributed by atoms with van der Waals surface area (Å²) in [6.07, 6.45) is 3.09. The first-order chi connectivity index (χ1) is 14.6. The van der Waals surface area contributed by atoms with Gasteiger partial charge in [0, 0.05) is 54.7 Å². The summed E-state index contributed by atoms with van der Waals surface area (Å²) >= 11 is 0. The largest absolute Gasteiger partial charge is 0.378 e. The number of non-ortho nitro benzene ring substituents is 1. The molecule has 1 aliphatic rings. The molecule has 1 saturated heterocycles. The van der Waals surface area contributed by atoms with E-state index in [9.17, 15) is 14.9 Å². The lowest BCUT2D eigenvalue weighted by molar-refractivity contribution is -0.384. The molecule has 0 aliphatic carbocycles. The molecule has 1 atom stereocenters. The number of fused-ring (bicyclic) bond motifs is 1. The summed E-state index contributed by atoms with van der Waals surface area (Å²) in [4.78, 5) is 29.2. The van der Waals surface area contributed by atoms with E-state index in [0.29, 0.717) is 26.3 Å². The number of aromatic amines is 1. The van der Waals surface area contributed by atoms with Crippen molar-refractivity contribution in [2.24, 2.45) is 0 Å². The number of carbonyl (C=O) groups is 1. The summed E-state index contributed by atoms with van der Waals surface area (Å²) in [7, 11) is 0. The van der Waals surface area contributed by atoms with Crippen LogP contribution in [0.15, 0.2) is 48.7 Å². The first kappa shape index (κ1) is 20.1. The smallest absolute Gasteiger partial charge is 0.269 e. The second kappa shape index (κ2) is 8.67. The molecule has 0 radical (unpaired) electrons. The second-order valence-electron chi connectivity index (χ2n) is 7.54. The quantitative estimate of drug-likeness (QED) is 0.494. The highest BCUT2D eigenvalue weighted by atomic mass is 16.6. The topological polar surface area (TPSA) is 88.5 Å². The second-order valence-corrected chi connectivity index (χ2v) is 7.54. The number of rotatable bonds is 6. The van der Waals surface area contributed by atoms with Gasteiger partial charge < -0.3 is 14.6 Å². The first-order valence-electron chi connectivity index (χ1n) is 10.3. The van der Waals surface area contributed by atoms with Gasteiger partial charge in [0.1, 0.15) is 0 Å². The van der Waals surface area contributed by atoms with E-state index in [-0.39, 0.29) is 23.9 Å². The Kier molecular flexibility index (Phi) is 5.81. The van der Waals surface area contributed by atoms with Crippen LogP contribution in [-0.4, -0.2) is 47.0 Å². The number of aromatic nitrogens is 1. The fourth-order valence-corrected chi connectivity index (χ4v) is 4.20. The number of amides is 1. The number of carbonyl (C=O) groups excluding carboxylic acids is 1. The van der Waals surface area contributed by atoms with Crippen molar-refractivity contribution in [1.82, 2.24) is 9.88 Å². The van der Waals surface area contributed by atoms with E-state index in [4.69, 9.17) is 4.74 Å². The van der Waals surface area contributed by atoms with E-state index in [1.165, 1.54) is 11.6 Å². The van der Waals surface area contributed by atoms with Crippen LogP contribution in [0.4, 0.5) is 5.69 Å². The summed E-state index contributed by atoms with van der Waals surface area (Å²) in [6, 6.07) is 12.8. The van der Waals surface area contributed by atoms with Gasteiger partial charge >= 0.3 is 0 Å². The van der Waals surface area contributed by atoms with Gasteiger partial charge in [-0.15, -0.1) is 0 Å². The molecular weight excluding hydrogens is 382 g/mol. The average Bonchev–Trinajstić information content (AvgIpc) is 3.22. The SMILES string of the molecule is CCc1cccc2c(C(CC(=O)N3CCOCC3)c3cccc([N+](=O)[O-])c3)c[nH]c12. The number of benzene rings is 2. The van der Waals surface area contributed by atoms with Gasteiger partial charge in [-0.1, -0.05) is 37.3 Å². The molecule has 2 aromatic carbocycles. The number of hydrogen-bond acceptors (Lipinski definition) is 4. The molecule has 1 fully saturated rings.